The van der Waals surface area contributed by atoms with Crippen molar-refractivity contribution in [3.05, 3.63) is 60.2 Å². The lowest BCUT2D eigenvalue weighted by atomic mass is 10.2. The predicted octanol–water partition coefficient (Wildman–Crippen LogP) is 4.08. The number of rotatable bonds is 6. The normalized spacial score (nSPS) is 15.3. The van der Waals surface area contributed by atoms with E-state index in [0.717, 1.165) is 25.7 Å². The van der Waals surface area contributed by atoms with Gasteiger partial charge >= 0.3 is 5.97 Å². The fourth-order valence-corrected chi connectivity index (χ4v) is 2.98. The molecule has 136 valence electrons. The van der Waals surface area contributed by atoms with Gasteiger partial charge in [-0.05, 0) is 50.1 Å². The Labute approximate surface area is 153 Å². The Morgan fingerprint density at radius 3 is 2.42 bits per heavy atom. The molecule has 2 aromatic rings. The van der Waals surface area contributed by atoms with E-state index in [9.17, 15) is 9.59 Å². The molecular formula is C21H23NO4. The van der Waals surface area contributed by atoms with Crippen LogP contribution in [0.4, 0.5) is 0 Å². The summed E-state index contributed by atoms with van der Waals surface area (Å²) in [7, 11) is 0. The van der Waals surface area contributed by atoms with Crippen molar-refractivity contribution in [1.82, 2.24) is 5.32 Å². The van der Waals surface area contributed by atoms with E-state index >= 15 is 0 Å². The monoisotopic (exact) mass is 353 g/mol. The highest BCUT2D eigenvalue weighted by Gasteiger charge is 2.23. The number of hydrogen-bond acceptors (Lipinski definition) is 4. The number of para-hydroxylation sites is 1. The molecular weight excluding hydrogens is 330 g/mol. The molecule has 5 nitrogen and oxygen atoms in total. The highest BCUT2D eigenvalue weighted by molar-refractivity contribution is 5.92. The van der Waals surface area contributed by atoms with Gasteiger partial charge in [0.05, 0.1) is 5.56 Å². The Bertz CT molecular complexity index is 754. The summed E-state index contributed by atoms with van der Waals surface area (Å²) >= 11 is 0. The van der Waals surface area contributed by atoms with Crippen LogP contribution >= 0.6 is 0 Å². The van der Waals surface area contributed by atoms with Gasteiger partial charge in [0.25, 0.3) is 5.91 Å². The van der Waals surface area contributed by atoms with Gasteiger partial charge in [-0.15, -0.1) is 0 Å². The molecule has 3 rings (SSSR count). The fourth-order valence-electron chi connectivity index (χ4n) is 2.98. The van der Waals surface area contributed by atoms with Gasteiger partial charge < -0.3 is 14.8 Å². The first kappa shape index (κ1) is 18.0. The zero-order chi connectivity index (χ0) is 18.4. The maximum atomic E-state index is 12.3. The highest BCUT2D eigenvalue weighted by Crippen LogP contribution is 2.22. The minimum Gasteiger partial charge on any atom is -0.457 e. The molecule has 1 atom stereocenters. The standard InChI is InChI=1S/C21H23NO4/c1-15(20(23)22-17-9-5-6-10-17)25-21(24)16-8-7-13-19(14-16)26-18-11-3-2-4-12-18/h2-4,7-8,11-15,17H,5-6,9-10H2,1H3,(H,22,23). The number of hydrogen-bond donors (Lipinski definition) is 1. The van der Waals surface area contributed by atoms with Gasteiger partial charge in [-0.3, -0.25) is 4.79 Å². The van der Waals surface area contributed by atoms with Crippen molar-refractivity contribution in [3.8, 4) is 11.5 Å². The third kappa shape index (κ3) is 4.85. The molecule has 1 N–H and O–H groups in total. The highest BCUT2D eigenvalue weighted by atomic mass is 16.5. The van der Waals surface area contributed by atoms with Gasteiger partial charge in [-0.1, -0.05) is 37.1 Å². The molecule has 5 heteroatoms. The van der Waals surface area contributed by atoms with E-state index in [4.69, 9.17) is 9.47 Å². The van der Waals surface area contributed by atoms with Crippen LogP contribution in [-0.4, -0.2) is 24.0 Å². The molecule has 0 spiro atoms. The number of carbonyl (C=O) groups is 2. The Morgan fingerprint density at radius 2 is 1.69 bits per heavy atom. The average molecular weight is 353 g/mol. The van der Waals surface area contributed by atoms with E-state index in [1.54, 1.807) is 31.2 Å². The van der Waals surface area contributed by atoms with Gasteiger partial charge in [-0.2, -0.15) is 0 Å². The van der Waals surface area contributed by atoms with Gasteiger partial charge in [0.1, 0.15) is 11.5 Å². The molecule has 1 fully saturated rings. The van der Waals surface area contributed by atoms with Crippen LogP contribution in [-0.2, 0) is 9.53 Å². The van der Waals surface area contributed by atoms with Crippen molar-refractivity contribution >= 4 is 11.9 Å². The number of ether oxygens (including phenoxy) is 2. The second kappa shape index (κ2) is 8.52. The topological polar surface area (TPSA) is 64.6 Å². The first-order valence-corrected chi connectivity index (χ1v) is 8.96. The lowest BCUT2D eigenvalue weighted by molar-refractivity contribution is -0.129. The van der Waals surface area contributed by atoms with E-state index in [1.165, 1.54) is 0 Å². The molecule has 1 unspecified atom stereocenters. The maximum Gasteiger partial charge on any atom is 0.339 e. The molecule has 0 heterocycles. The third-order valence-corrected chi connectivity index (χ3v) is 4.40. The van der Waals surface area contributed by atoms with Crippen molar-refractivity contribution in [1.29, 1.82) is 0 Å². The van der Waals surface area contributed by atoms with Gasteiger partial charge in [0, 0.05) is 6.04 Å². The van der Waals surface area contributed by atoms with E-state index in [1.807, 2.05) is 30.3 Å². The lowest BCUT2D eigenvalue weighted by Crippen LogP contribution is -2.40. The Balaban J connectivity index is 1.58. The second-order valence-corrected chi connectivity index (χ2v) is 6.48. The number of nitrogens with one attached hydrogen (secondary N) is 1. The molecule has 0 saturated heterocycles. The molecule has 1 amide bonds. The van der Waals surface area contributed by atoms with Crippen LogP contribution in [0.15, 0.2) is 54.6 Å². The Morgan fingerprint density at radius 1 is 1.00 bits per heavy atom. The molecule has 26 heavy (non-hydrogen) atoms. The predicted molar refractivity (Wildman–Crippen MR) is 98.2 cm³/mol. The van der Waals surface area contributed by atoms with Crippen LogP contribution in [0.25, 0.3) is 0 Å². The van der Waals surface area contributed by atoms with Crippen LogP contribution in [0.3, 0.4) is 0 Å². The van der Waals surface area contributed by atoms with Crippen molar-refractivity contribution in [2.45, 2.75) is 44.8 Å². The summed E-state index contributed by atoms with van der Waals surface area (Å²) in [5.41, 5.74) is 0.346. The fraction of sp³-hybridized carbons (Fsp3) is 0.333. The second-order valence-electron chi connectivity index (χ2n) is 6.48. The van der Waals surface area contributed by atoms with Crippen LogP contribution in [0, 0.1) is 0 Å². The quantitative estimate of drug-likeness (QED) is 0.795. The summed E-state index contributed by atoms with van der Waals surface area (Å²) in [4.78, 5) is 24.5. The first-order valence-electron chi connectivity index (χ1n) is 8.96. The summed E-state index contributed by atoms with van der Waals surface area (Å²) in [6.45, 7) is 1.59. The molecule has 2 aromatic carbocycles. The SMILES string of the molecule is CC(OC(=O)c1cccc(Oc2ccccc2)c1)C(=O)NC1CCCC1. The van der Waals surface area contributed by atoms with Crippen LogP contribution in [0.1, 0.15) is 43.0 Å². The number of amides is 1. The van der Waals surface area contributed by atoms with E-state index in [0.29, 0.717) is 17.1 Å². The first-order chi connectivity index (χ1) is 12.6. The van der Waals surface area contributed by atoms with E-state index in [2.05, 4.69) is 5.32 Å². The van der Waals surface area contributed by atoms with E-state index < -0.39 is 12.1 Å². The minimum absolute atomic E-state index is 0.200. The summed E-state index contributed by atoms with van der Waals surface area (Å²) in [6.07, 6.45) is 3.42. The van der Waals surface area contributed by atoms with Crippen molar-refractivity contribution in [2.75, 3.05) is 0 Å². The zero-order valence-electron chi connectivity index (χ0n) is 14.8. The van der Waals surface area contributed by atoms with Crippen LogP contribution in [0.2, 0.25) is 0 Å². The molecule has 0 aliphatic heterocycles. The smallest absolute Gasteiger partial charge is 0.339 e. The summed E-state index contributed by atoms with van der Waals surface area (Å²) in [5.74, 6) is 0.426. The molecule has 1 aliphatic rings. The molecule has 1 aliphatic carbocycles. The molecule has 0 radical (unpaired) electrons. The minimum atomic E-state index is -0.832. The van der Waals surface area contributed by atoms with Gasteiger partial charge in [0.2, 0.25) is 0 Å². The third-order valence-electron chi connectivity index (χ3n) is 4.40. The number of benzene rings is 2. The van der Waals surface area contributed by atoms with Crippen molar-refractivity contribution in [3.63, 3.8) is 0 Å². The van der Waals surface area contributed by atoms with Crippen molar-refractivity contribution < 1.29 is 19.1 Å². The largest absolute Gasteiger partial charge is 0.457 e. The lowest BCUT2D eigenvalue weighted by Gasteiger charge is -2.17. The molecule has 1 saturated carbocycles. The van der Waals surface area contributed by atoms with Crippen LogP contribution < -0.4 is 10.1 Å². The number of carbonyl (C=O) groups excluding carboxylic acids is 2. The average Bonchev–Trinajstić information content (AvgIpc) is 3.15. The van der Waals surface area contributed by atoms with E-state index in [-0.39, 0.29) is 11.9 Å². The molecule has 0 aromatic heterocycles. The Hall–Kier alpha value is -2.82. The zero-order valence-corrected chi connectivity index (χ0v) is 14.8. The van der Waals surface area contributed by atoms with Gasteiger partial charge in [0.15, 0.2) is 6.10 Å². The molecule has 0 bridgehead atoms. The number of esters is 1. The summed E-state index contributed by atoms with van der Waals surface area (Å²) in [5, 5.41) is 2.94. The van der Waals surface area contributed by atoms with Gasteiger partial charge in [-0.25, -0.2) is 4.79 Å². The summed E-state index contributed by atoms with van der Waals surface area (Å²) in [6, 6.07) is 16.2. The summed E-state index contributed by atoms with van der Waals surface area (Å²) < 4.78 is 11.0. The Kier molecular flexibility index (Phi) is 5.89. The van der Waals surface area contributed by atoms with Crippen molar-refractivity contribution in [2.24, 2.45) is 0 Å². The maximum absolute atomic E-state index is 12.3. The van der Waals surface area contributed by atoms with Crippen LogP contribution in [0.5, 0.6) is 11.5 Å².